The molecule has 3 N–H and O–H groups in total. The molecule has 0 radical (unpaired) electrons. The Morgan fingerprint density at radius 3 is 2.54 bits per heavy atom. The van der Waals surface area contributed by atoms with Gasteiger partial charge in [-0.15, -0.1) is 0 Å². The summed E-state index contributed by atoms with van der Waals surface area (Å²) in [6.07, 6.45) is 7.24. The van der Waals surface area contributed by atoms with E-state index in [4.69, 9.17) is 4.74 Å². The van der Waals surface area contributed by atoms with Crippen LogP contribution in [-0.2, 0) is 4.74 Å². The maximum Gasteiger partial charge on any atom is 0.121 e. The third-order valence-electron chi connectivity index (χ3n) is 9.54. The van der Waals surface area contributed by atoms with E-state index in [0.717, 1.165) is 32.1 Å². The van der Waals surface area contributed by atoms with Crippen molar-refractivity contribution in [1.29, 1.82) is 0 Å². The smallest absolute Gasteiger partial charge is 0.121 e. The van der Waals surface area contributed by atoms with Crippen molar-refractivity contribution in [2.45, 2.75) is 76.6 Å². The molecule has 2 bridgehead atoms. The lowest BCUT2D eigenvalue weighted by atomic mass is 9.40. The van der Waals surface area contributed by atoms with E-state index in [9.17, 15) is 15.3 Å². The summed E-state index contributed by atoms with van der Waals surface area (Å²) in [5.41, 5.74) is -0.376. The van der Waals surface area contributed by atoms with Crippen LogP contribution in [0.5, 0.6) is 0 Å². The molecule has 4 aliphatic carbocycles. The lowest BCUT2D eigenvalue weighted by molar-refractivity contribution is -0.220. The Bertz CT molecular complexity index is 566. The Morgan fingerprint density at radius 1 is 1.04 bits per heavy atom. The molecule has 1 spiro atoms. The Balaban J connectivity index is 1.59. The van der Waals surface area contributed by atoms with E-state index < -0.39 is 0 Å². The standard InChI is InChI=1S/C20H32O4/c1-17(10-21)6-3-7-18(2)13-5-4-12-9-19(13,15(23)8-14(17)18)16-20(12,11-22)24-16/h12-16,21-23H,3-11H2,1-2H3/t12-,13+,14-,15-,16-,17+,18+,19-,20+/m1/s1. The second kappa shape index (κ2) is 4.57. The van der Waals surface area contributed by atoms with Gasteiger partial charge in [-0.25, -0.2) is 0 Å². The van der Waals surface area contributed by atoms with E-state index in [0.29, 0.717) is 17.8 Å². The molecular formula is C20H32O4. The Labute approximate surface area is 144 Å². The minimum Gasteiger partial charge on any atom is -0.396 e. The molecule has 0 aromatic heterocycles. The molecule has 5 rings (SSSR count). The van der Waals surface area contributed by atoms with E-state index in [1.54, 1.807) is 0 Å². The molecule has 9 atom stereocenters. The number of ether oxygens (including phenoxy) is 1. The highest BCUT2D eigenvalue weighted by molar-refractivity contribution is 5.30. The quantitative estimate of drug-likeness (QED) is 0.675. The largest absolute Gasteiger partial charge is 0.396 e. The van der Waals surface area contributed by atoms with E-state index in [-0.39, 0.29) is 47.3 Å². The first kappa shape index (κ1) is 16.0. The van der Waals surface area contributed by atoms with Gasteiger partial charge in [-0.2, -0.15) is 0 Å². The summed E-state index contributed by atoms with van der Waals surface area (Å²) >= 11 is 0. The van der Waals surface area contributed by atoms with Gasteiger partial charge >= 0.3 is 0 Å². The van der Waals surface area contributed by atoms with E-state index in [2.05, 4.69) is 13.8 Å². The first-order chi connectivity index (χ1) is 11.4. The Hall–Kier alpha value is -0.160. The molecule has 0 aromatic rings. The highest BCUT2D eigenvalue weighted by Gasteiger charge is 2.82. The molecule has 4 saturated carbocycles. The van der Waals surface area contributed by atoms with Crippen molar-refractivity contribution < 1.29 is 20.1 Å². The second-order valence-corrected chi connectivity index (χ2v) is 10.2. The molecule has 0 amide bonds. The average Bonchev–Trinajstić information content (AvgIpc) is 3.29. The van der Waals surface area contributed by atoms with Crippen LogP contribution in [0.15, 0.2) is 0 Å². The van der Waals surface area contributed by atoms with Crippen molar-refractivity contribution in [1.82, 2.24) is 0 Å². The van der Waals surface area contributed by atoms with Crippen LogP contribution in [0, 0.1) is 34.0 Å². The fourth-order valence-electron chi connectivity index (χ4n) is 8.43. The fourth-order valence-corrected chi connectivity index (χ4v) is 8.43. The van der Waals surface area contributed by atoms with Gasteiger partial charge in [0.05, 0.1) is 18.8 Å². The van der Waals surface area contributed by atoms with Crippen molar-refractivity contribution >= 4 is 0 Å². The molecule has 0 aromatic carbocycles. The number of aliphatic hydroxyl groups excluding tert-OH is 3. The molecule has 5 aliphatic rings. The van der Waals surface area contributed by atoms with Gasteiger partial charge in [0, 0.05) is 12.0 Å². The summed E-state index contributed by atoms with van der Waals surface area (Å²) in [6.45, 7) is 5.00. The monoisotopic (exact) mass is 336 g/mol. The second-order valence-electron chi connectivity index (χ2n) is 10.2. The van der Waals surface area contributed by atoms with Crippen molar-refractivity contribution in [3.8, 4) is 0 Å². The van der Waals surface area contributed by atoms with Crippen molar-refractivity contribution in [3.63, 3.8) is 0 Å². The van der Waals surface area contributed by atoms with Gasteiger partial charge in [-0.3, -0.25) is 0 Å². The van der Waals surface area contributed by atoms with Gasteiger partial charge in [-0.05, 0) is 67.1 Å². The summed E-state index contributed by atoms with van der Waals surface area (Å²) in [7, 11) is 0. The van der Waals surface area contributed by atoms with Crippen LogP contribution >= 0.6 is 0 Å². The number of epoxide rings is 1. The van der Waals surface area contributed by atoms with Gasteiger partial charge < -0.3 is 20.1 Å². The van der Waals surface area contributed by atoms with E-state index >= 15 is 0 Å². The third-order valence-corrected chi connectivity index (χ3v) is 9.54. The molecule has 0 unspecified atom stereocenters. The Morgan fingerprint density at radius 2 is 1.83 bits per heavy atom. The molecule has 136 valence electrons. The summed E-state index contributed by atoms with van der Waals surface area (Å²) in [5, 5.41) is 31.4. The highest BCUT2D eigenvalue weighted by atomic mass is 16.6. The van der Waals surface area contributed by atoms with E-state index in [1.807, 2.05) is 0 Å². The lowest BCUT2D eigenvalue weighted by Gasteiger charge is -2.65. The van der Waals surface area contributed by atoms with Crippen LogP contribution in [0.25, 0.3) is 0 Å². The van der Waals surface area contributed by atoms with Crippen LogP contribution in [0.1, 0.15) is 58.8 Å². The van der Waals surface area contributed by atoms with Gasteiger partial charge in [0.2, 0.25) is 0 Å². The van der Waals surface area contributed by atoms with Crippen molar-refractivity contribution in [2.75, 3.05) is 13.2 Å². The SMILES string of the molecule is C[C@@]1(CO)CCC[C@]2(C)[C@@H]1C[C@@H](O)[C@@]13C[C@@H](CC[C@@H]21)[C@]1(CO)O[C@@H]13. The van der Waals surface area contributed by atoms with Crippen LogP contribution in [0.4, 0.5) is 0 Å². The molecule has 1 aliphatic heterocycles. The first-order valence-corrected chi connectivity index (χ1v) is 9.95. The van der Waals surface area contributed by atoms with Gasteiger partial charge in [0.1, 0.15) is 5.60 Å². The maximum atomic E-state index is 11.3. The zero-order valence-corrected chi connectivity index (χ0v) is 15.0. The number of aliphatic hydroxyl groups is 3. The highest BCUT2D eigenvalue weighted by Crippen LogP contribution is 2.77. The third kappa shape index (κ3) is 1.53. The number of hydrogen-bond acceptors (Lipinski definition) is 4. The molecule has 4 heteroatoms. The number of rotatable bonds is 2. The molecule has 1 saturated heterocycles. The summed E-state index contributed by atoms with van der Waals surface area (Å²) in [5.74, 6) is 1.27. The minimum absolute atomic E-state index is 0.0579. The first-order valence-electron chi connectivity index (χ1n) is 9.95. The van der Waals surface area contributed by atoms with Gasteiger partial charge in [0.25, 0.3) is 0 Å². The lowest BCUT2D eigenvalue weighted by Crippen LogP contribution is -2.63. The minimum atomic E-state index is -0.353. The van der Waals surface area contributed by atoms with Crippen LogP contribution in [-0.4, -0.2) is 46.3 Å². The molecular weight excluding hydrogens is 304 g/mol. The normalized spacial score (nSPS) is 64.1. The summed E-state index contributed by atoms with van der Waals surface area (Å²) < 4.78 is 6.13. The van der Waals surface area contributed by atoms with Crippen LogP contribution in [0.2, 0.25) is 0 Å². The number of hydrogen-bond donors (Lipinski definition) is 3. The molecule has 5 fully saturated rings. The molecule has 1 heterocycles. The topological polar surface area (TPSA) is 73.2 Å². The Kier molecular flexibility index (Phi) is 3.05. The van der Waals surface area contributed by atoms with Gasteiger partial charge in [-0.1, -0.05) is 20.3 Å². The predicted molar refractivity (Wildman–Crippen MR) is 89.2 cm³/mol. The van der Waals surface area contributed by atoms with Crippen molar-refractivity contribution in [2.24, 2.45) is 34.0 Å². The number of fused-ring (bicyclic) bond motifs is 5. The average molecular weight is 336 g/mol. The zero-order chi connectivity index (χ0) is 17.0. The van der Waals surface area contributed by atoms with Gasteiger partial charge in [0.15, 0.2) is 0 Å². The predicted octanol–water partition coefficient (Wildman–Crippen LogP) is 2.10. The maximum absolute atomic E-state index is 11.3. The summed E-state index contributed by atoms with van der Waals surface area (Å²) in [6, 6.07) is 0. The van der Waals surface area contributed by atoms with Crippen LogP contribution < -0.4 is 0 Å². The van der Waals surface area contributed by atoms with Crippen molar-refractivity contribution in [3.05, 3.63) is 0 Å². The van der Waals surface area contributed by atoms with E-state index in [1.165, 1.54) is 12.8 Å². The van der Waals surface area contributed by atoms with Crippen LogP contribution in [0.3, 0.4) is 0 Å². The fraction of sp³-hybridized carbons (Fsp3) is 1.00. The summed E-state index contributed by atoms with van der Waals surface area (Å²) in [4.78, 5) is 0. The zero-order valence-electron chi connectivity index (χ0n) is 15.0. The molecule has 4 nitrogen and oxygen atoms in total. The molecule has 24 heavy (non-hydrogen) atoms.